The second kappa shape index (κ2) is 9.59. The number of benzene rings is 2. The van der Waals surface area contributed by atoms with Crippen LogP contribution in [-0.4, -0.2) is 49.7 Å². The van der Waals surface area contributed by atoms with E-state index >= 15 is 0 Å². The van der Waals surface area contributed by atoms with E-state index in [9.17, 15) is 31.5 Å². The summed E-state index contributed by atoms with van der Waals surface area (Å²) in [6, 6.07) is 11.1. The molecule has 1 atom stereocenters. The molecule has 2 N–H and O–H groups in total. The van der Waals surface area contributed by atoms with Crippen molar-refractivity contribution in [3.05, 3.63) is 65.2 Å². The molecule has 0 aromatic heterocycles. The molecule has 0 aliphatic rings. The van der Waals surface area contributed by atoms with Gasteiger partial charge in [0.05, 0.1) is 17.5 Å². The van der Waals surface area contributed by atoms with Crippen LogP contribution in [0, 0.1) is 13.8 Å². The van der Waals surface area contributed by atoms with Crippen LogP contribution in [0.2, 0.25) is 0 Å². The van der Waals surface area contributed by atoms with Crippen molar-refractivity contribution < 1.29 is 31.5 Å². The van der Waals surface area contributed by atoms with Gasteiger partial charge in [0.15, 0.2) is 0 Å². The van der Waals surface area contributed by atoms with E-state index in [4.69, 9.17) is 0 Å². The van der Waals surface area contributed by atoms with E-state index in [-0.39, 0.29) is 11.4 Å². The molecule has 10 heteroatoms. The lowest BCUT2D eigenvalue weighted by Crippen LogP contribution is -2.50. The number of halogens is 3. The molecule has 164 valence electrons. The molecule has 0 unspecified atom stereocenters. The minimum Gasteiger partial charge on any atom is -0.395 e. The van der Waals surface area contributed by atoms with Gasteiger partial charge in [-0.3, -0.25) is 4.79 Å². The van der Waals surface area contributed by atoms with Crippen LogP contribution < -0.4 is 4.72 Å². The topological polar surface area (TPSA) is 86.7 Å². The predicted molar refractivity (Wildman–Crippen MR) is 105 cm³/mol. The molecule has 0 fully saturated rings. The SMILES string of the molecule is Cc1ccc(S(=O)(=O)N[C@H](CO)CN(Cc2cccc(C)c2)C(=O)C(F)(F)F)cc1. The van der Waals surface area contributed by atoms with Gasteiger partial charge in [0.25, 0.3) is 0 Å². The minimum absolute atomic E-state index is 0.0982. The van der Waals surface area contributed by atoms with Crippen LogP contribution in [0.25, 0.3) is 0 Å². The summed E-state index contributed by atoms with van der Waals surface area (Å²) in [5.41, 5.74) is 2.07. The minimum atomic E-state index is -5.14. The maximum absolute atomic E-state index is 13.1. The average Bonchev–Trinajstić information content (AvgIpc) is 2.65. The third kappa shape index (κ3) is 6.54. The number of nitrogens with zero attached hydrogens (tertiary/aromatic N) is 1. The molecular formula is C20H23F3N2O4S. The Bertz CT molecular complexity index is 976. The molecule has 0 spiro atoms. The number of nitrogens with one attached hydrogen (secondary N) is 1. The Kier molecular flexibility index (Phi) is 7.62. The molecular weight excluding hydrogens is 421 g/mol. The van der Waals surface area contributed by atoms with E-state index in [2.05, 4.69) is 4.72 Å². The summed E-state index contributed by atoms with van der Waals surface area (Å²) in [6.07, 6.45) is -5.14. The van der Waals surface area contributed by atoms with Crippen LogP contribution in [0.5, 0.6) is 0 Å². The highest BCUT2D eigenvalue weighted by Gasteiger charge is 2.43. The summed E-state index contributed by atoms with van der Waals surface area (Å²) in [7, 11) is -4.10. The summed E-state index contributed by atoms with van der Waals surface area (Å²) < 4.78 is 66.5. The molecule has 1 amide bonds. The molecule has 2 rings (SSSR count). The molecule has 6 nitrogen and oxygen atoms in total. The fraction of sp³-hybridized carbons (Fsp3) is 0.350. The Labute approximate surface area is 173 Å². The first-order valence-electron chi connectivity index (χ1n) is 9.04. The second-order valence-electron chi connectivity index (χ2n) is 6.99. The first-order chi connectivity index (χ1) is 13.9. The highest BCUT2D eigenvalue weighted by Crippen LogP contribution is 2.21. The molecule has 0 aliphatic carbocycles. The second-order valence-corrected chi connectivity index (χ2v) is 8.70. The van der Waals surface area contributed by atoms with Crippen LogP contribution >= 0.6 is 0 Å². The van der Waals surface area contributed by atoms with Crippen LogP contribution in [0.15, 0.2) is 53.4 Å². The molecule has 2 aromatic carbocycles. The number of carbonyl (C=O) groups excluding carboxylic acids is 1. The maximum atomic E-state index is 13.1. The Morgan fingerprint density at radius 1 is 1.10 bits per heavy atom. The summed E-state index contributed by atoms with van der Waals surface area (Å²) in [5.74, 6) is -2.11. The molecule has 0 bridgehead atoms. The predicted octanol–water partition coefficient (Wildman–Crippen LogP) is 2.53. The molecule has 0 aliphatic heterocycles. The summed E-state index contributed by atoms with van der Waals surface area (Å²) in [5, 5.41) is 9.58. The zero-order valence-corrected chi connectivity index (χ0v) is 17.3. The van der Waals surface area contributed by atoms with Crippen LogP contribution in [0.3, 0.4) is 0 Å². The summed E-state index contributed by atoms with van der Waals surface area (Å²) >= 11 is 0. The third-order valence-corrected chi connectivity index (χ3v) is 5.84. The van der Waals surface area contributed by atoms with E-state index in [0.717, 1.165) is 11.1 Å². The first kappa shape index (κ1) is 23.8. The number of aliphatic hydroxyl groups excluding tert-OH is 1. The van der Waals surface area contributed by atoms with Gasteiger partial charge in [-0.1, -0.05) is 47.5 Å². The van der Waals surface area contributed by atoms with Gasteiger partial charge in [0.2, 0.25) is 10.0 Å². The van der Waals surface area contributed by atoms with Gasteiger partial charge < -0.3 is 10.0 Å². The maximum Gasteiger partial charge on any atom is 0.471 e. The fourth-order valence-corrected chi connectivity index (χ4v) is 4.05. The highest BCUT2D eigenvalue weighted by molar-refractivity contribution is 7.89. The highest BCUT2D eigenvalue weighted by atomic mass is 32.2. The van der Waals surface area contributed by atoms with Crippen molar-refractivity contribution in [3.63, 3.8) is 0 Å². The Hall–Kier alpha value is -2.43. The van der Waals surface area contributed by atoms with Crippen LogP contribution in [0.4, 0.5) is 13.2 Å². The van der Waals surface area contributed by atoms with Gasteiger partial charge in [-0.2, -0.15) is 13.2 Å². The molecule has 0 saturated heterocycles. The fourth-order valence-electron chi connectivity index (χ4n) is 2.83. The van der Waals surface area contributed by atoms with Gasteiger partial charge in [0, 0.05) is 13.1 Å². The van der Waals surface area contributed by atoms with E-state index in [0.29, 0.717) is 10.5 Å². The number of rotatable bonds is 8. The van der Waals surface area contributed by atoms with Crippen molar-refractivity contribution in [3.8, 4) is 0 Å². The number of alkyl halides is 3. The summed E-state index contributed by atoms with van der Waals surface area (Å²) in [6.45, 7) is 1.69. The zero-order valence-electron chi connectivity index (χ0n) is 16.5. The first-order valence-corrected chi connectivity index (χ1v) is 10.5. The van der Waals surface area contributed by atoms with Crippen molar-refractivity contribution in [1.82, 2.24) is 9.62 Å². The van der Waals surface area contributed by atoms with Crippen LogP contribution in [-0.2, 0) is 21.4 Å². The molecule has 0 saturated carbocycles. The Morgan fingerprint density at radius 2 is 1.73 bits per heavy atom. The van der Waals surface area contributed by atoms with E-state index in [1.54, 1.807) is 50.2 Å². The molecule has 2 aromatic rings. The number of sulfonamides is 1. The quantitative estimate of drug-likeness (QED) is 0.655. The normalized spacial score (nSPS) is 13.1. The van der Waals surface area contributed by atoms with Crippen LogP contribution in [0.1, 0.15) is 16.7 Å². The van der Waals surface area contributed by atoms with E-state index < -0.39 is 41.3 Å². The lowest BCUT2D eigenvalue weighted by Gasteiger charge is -2.28. The number of amides is 1. The van der Waals surface area contributed by atoms with Crippen molar-refractivity contribution in [1.29, 1.82) is 0 Å². The Morgan fingerprint density at radius 3 is 2.27 bits per heavy atom. The average molecular weight is 444 g/mol. The largest absolute Gasteiger partial charge is 0.471 e. The number of hydrogen-bond donors (Lipinski definition) is 2. The van der Waals surface area contributed by atoms with Gasteiger partial charge >= 0.3 is 12.1 Å². The van der Waals surface area contributed by atoms with E-state index in [1.807, 2.05) is 0 Å². The van der Waals surface area contributed by atoms with Crippen molar-refractivity contribution in [2.75, 3.05) is 13.2 Å². The number of aliphatic hydroxyl groups is 1. The molecule has 0 heterocycles. The smallest absolute Gasteiger partial charge is 0.395 e. The number of carbonyl (C=O) groups is 1. The van der Waals surface area contributed by atoms with Gasteiger partial charge in [-0.15, -0.1) is 0 Å². The lowest BCUT2D eigenvalue weighted by atomic mass is 10.1. The number of aryl methyl sites for hydroxylation is 2. The number of hydrogen-bond acceptors (Lipinski definition) is 4. The van der Waals surface area contributed by atoms with Crippen molar-refractivity contribution >= 4 is 15.9 Å². The Balaban J connectivity index is 2.24. The van der Waals surface area contributed by atoms with E-state index in [1.165, 1.54) is 12.1 Å². The van der Waals surface area contributed by atoms with Gasteiger partial charge in [0.1, 0.15) is 0 Å². The van der Waals surface area contributed by atoms with Crippen molar-refractivity contribution in [2.24, 2.45) is 0 Å². The standard InChI is InChI=1S/C20H23F3N2O4S/c1-14-6-8-18(9-7-14)30(28,29)24-17(13-26)12-25(19(27)20(21,22)23)11-16-5-3-4-15(2)10-16/h3-10,17,24,26H,11-13H2,1-2H3/t17-/m0/s1. The zero-order chi connectivity index (χ0) is 22.5. The monoisotopic (exact) mass is 444 g/mol. The molecule has 30 heavy (non-hydrogen) atoms. The van der Waals surface area contributed by atoms with Gasteiger partial charge in [-0.25, -0.2) is 13.1 Å². The molecule has 0 radical (unpaired) electrons. The van der Waals surface area contributed by atoms with Crippen molar-refractivity contribution in [2.45, 2.75) is 37.5 Å². The van der Waals surface area contributed by atoms with Gasteiger partial charge in [-0.05, 0) is 31.5 Å². The lowest BCUT2D eigenvalue weighted by molar-refractivity contribution is -0.186. The third-order valence-electron chi connectivity index (χ3n) is 4.30. The summed E-state index contributed by atoms with van der Waals surface area (Å²) in [4.78, 5) is 12.3.